The third-order valence-corrected chi connectivity index (χ3v) is 2.65. The highest BCUT2D eigenvalue weighted by Crippen LogP contribution is 2.05. The molecule has 21 heavy (non-hydrogen) atoms. The van der Waals surface area contributed by atoms with Gasteiger partial charge in [-0.25, -0.2) is 0 Å². The predicted molar refractivity (Wildman–Crippen MR) is 80.8 cm³/mol. The van der Waals surface area contributed by atoms with Crippen LogP contribution in [0, 0.1) is 10.1 Å². The van der Waals surface area contributed by atoms with Crippen LogP contribution in [0.2, 0.25) is 0 Å². The fourth-order valence-corrected chi connectivity index (χ4v) is 1.65. The van der Waals surface area contributed by atoms with E-state index < -0.39 is 10.5 Å². The van der Waals surface area contributed by atoms with Crippen molar-refractivity contribution in [1.82, 2.24) is 15.2 Å². The summed E-state index contributed by atoms with van der Waals surface area (Å²) in [5, 5.41) is 16.4. The number of nitro groups is 1. The van der Waals surface area contributed by atoms with E-state index in [9.17, 15) is 19.7 Å². The van der Waals surface area contributed by atoms with E-state index in [-0.39, 0.29) is 36.6 Å². The molecule has 1 aromatic rings. The lowest BCUT2D eigenvalue weighted by Crippen LogP contribution is -2.40. The van der Waals surface area contributed by atoms with Crippen molar-refractivity contribution in [2.45, 2.75) is 26.4 Å². The van der Waals surface area contributed by atoms with Crippen molar-refractivity contribution < 1.29 is 9.72 Å². The summed E-state index contributed by atoms with van der Waals surface area (Å²) in [6, 6.07) is 2.31. The van der Waals surface area contributed by atoms with Gasteiger partial charge < -0.3 is 10.6 Å². The molecule has 0 aliphatic heterocycles. The zero-order valence-electron chi connectivity index (χ0n) is 11.9. The Balaban J connectivity index is 0.00000400. The van der Waals surface area contributed by atoms with Crippen LogP contribution in [0.25, 0.3) is 0 Å². The highest BCUT2D eigenvalue weighted by molar-refractivity contribution is 5.85. The number of nitrogens with one attached hydrogen (secondary N) is 2. The number of hydrogen-bond acceptors (Lipinski definition) is 5. The number of hydrogen-bond donors (Lipinski definition) is 2. The summed E-state index contributed by atoms with van der Waals surface area (Å²) in [5.41, 5.74) is -0.677. The normalized spacial score (nSPS) is 11.3. The molecule has 0 fully saturated rings. The fraction of sp³-hybridized carbons (Fsp3) is 0.500. The van der Waals surface area contributed by atoms with Crippen molar-refractivity contribution in [3.05, 3.63) is 38.8 Å². The smallest absolute Gasteiger partial charge is 0.285 e. The summed E-state index contributed by atoms with van der Waals surface area (Å²) in [6.45, 7) is 4.86. The Hall–Kier alpha value is -1.93. The van der Waals surface area contributed by atoms with Crippen molar-refractivity contribution in [2.24, 2.45) is 0 Å². The first-order chi connectivity index (χ1) is 9.43. The molecular weight excluding hydrogens is 300 g/mol. The lowest BCUT2D eigenvalue weighted by atomic mass is 10.3. The molecule has 0 radical (unpaired) electrons. The summed E-state index contributed by atoms with van der Waals surface area (Å²) in [5.74, 6) is -0.364. The van der Waals surface area contributed by atoms with E-state index in [0.29, 0.717) is 6.54 Å². The fourth-order valence-electron chi connectivity index (χ4n) is 1.65. The van der Waals surface area contributed by atoms with E-state index in [4.69, 9.17) is 0 Å². The van der Waals surface area contributed by atoms with E-state index in [2.05, 4.69) is 10.6 Å². The molecule has 1 aromatic heterocycles. The van der Waals surface area contributed by atoms with E-state index in [1.165, 1.54) is 0 Å². The summed E-state index contributed by atoms with van der Waals surface area (Å²) < 4.78 is 1.02. The summed E-state index contributed by atoms with van der Waals surface area (Å²) in [6.07, 6.45) is 1.07. The molecule has 0 saturated heterocycles. The maximum atomic E-state index is 11.7. The minimum Gasteiger partial charge on any atom is -0.353 e. The third-order valence-electron chi connectivity index (χ3n) is 2.65. The van der Waals surface area contributed by atoms with Crippen molar-refractivity contribution in [3.8, 4) is 0 Å². The molecule has 0 bridgehead atoms. The van der Waals surface area contributed by atoms with Crippen LogP contribution in [-0.2, 0) is 11.3 Å². The lowest BCUT2D eigenvalue weighted by molar-refractivity contribution is -0.385. The molecule has 1 amide bonds. The minimum atomic E-state index is -0.610. The molecule has 0 saturated carbocycles. The number of pyridine rings is 1. The van der Waals surface area contributed by atoms with E-state index >= 15 is 0 Å². The molecule has 8 nitrogen and oxygen atoms in total. The predicted octanol–water partition coefficient (Wildman–Crippen LogP) is 0.293. The lowest BCUT2D eigenvalue weighted by Gasteiger charge is -2.13. The van der Waals surface area contributed by atoms with Crippen molar-refractivity contribution in [1.29, 1.82) is 0 Å². The highest BCUT2D eigenvalue weighted by atomic mass is 35.5. The molecule has 2 N–H and O–H groups in total. The first-order valence-electron chi connectivity index (χ1n) is 6.29. The zero-order chi connectivity index (χ0) is 15.1. The Morgan fingerprint density at radius 1 is 1.48 bits per heavy atom. The monoisotopic (exact) mass is 318 g/mol. The van der Waals surface area contributed by atoms with Crippen molar-refractivity contribution in [3.63, 3.8) is 0 Å². The second-order valence-electron chi connectivity index (χ2n) is 4.37. The van der Waals surface area contributed by atoms with Gasteiger partial charge in [0, 0.05) is 24.7 Å². The van der Waals surface area contributed by atoms with Gasteiger partial charge in [-0.1, -0.05) is 6.92 Å². The van der Waals surface area contributed by atoms with Gasteiger partial charge in [0.2, 0.25) is 5.91 Å². The van der Waals surface area contributed by atoms with Gasteiger partial charge in [0.05, 0.1) is 11.1 Å². The molecular formula is C12H19ClN4O4. The van der Waals surface area contributed by atoms with Gasteiger partial charge in [0.1, 0.15) is 6.54 Å². The Kier molecular flexibility index (Phi) is 8.25. The quantitative estimate of drug-likeness (QED) is 0.555. The van der Waals surface area contributed by atoms with Gasteiger partial charge in [0.15, 0.2) is 0 Å². The average molecular weight is 319 g/mol. The number of halogens is 1. The van der Waals surface area contributed by atoms with Crippen LogP contribution >= 0.6 is 12.4 Å². The number of nitrogens with zero attached hydrogens (tertiary/aromatic N) is 2. The van der Waals surface area contributed by atoms with Crippen LogP contribution in [0.1, 0.15) is 13.8 Å². The average Bonchev–Trinajstić information content (AvgIpc) is 2.39. The molecule has 118 valence electrons. The van der Waals surface area contributed by atoms with Gasteiger partial charge in [-0.15, -0.1) is 12.4 Å². The standard InChI is InChI=1S/C12H18N4O4.ClH/c1-3-13-9(2)6-14-11(17)8-15-7-10(16(19)20)4-5-12(15)18;/h4-5,7,9,13H,3,6,8H2,1-2H3,(H,14,17);1H/t9-;/m1./s1. The maximum absolute atomic E-state index is 11.7. The van der Waals surface area contributed by atoms with Crippen LogP contribution in [0.5, 0.6) is 0 Å². The van der Waals surface area contributed by atoms with Gasteiger partial charge >= 0.3 is 0 Å². The van der Waals surface area contributed by atoms with E-state index in [1.807, 2.05) is 13.8 Å². The van der Waals surface area contributed by atoms with Gasteiger partial charge in [-0.3, -0.25) is 24.3 Å². The molecule has 1 heterocycles. The molecule has 9 heteroatoms. The Morgan fingerprint density at radius 2 is 2.14 bits per heavy atom. The second kappa shape index (κ2) is 9.09. The SMILES string of the molecule is CCN[C@H](C)CNC(=O)Cn1cc([N+](=O)[O-])ccc1=O.Cl. The second-order valence-corrected chi connectivity index (χ2v) is 4.37. The van der Waals surface area contributed by atoms with Crippen LogP contribution < -0.4 is 16.2 Å². The largest absolute Gasteiger partial charge is 0.353 e. The third kappa shape index (κ3) is 6.37. The number of likely N-dealkylation sites (N-methyl/N-ethyl adjacent to an activating group) is 1. The summed E-state index contributed by atoms with van der Waals surface area (Å²) in [7, 11) is 0. The molecule has 0 spiro atoms. The zero-order valence-corrected chi connectivity index (χ0v) is 12.7. The molecule has 0 aliphatic rings. The van der Waals surface area contributed by atoms with E-state index in [0.717, 1.165) is 29.4 Å². The number of aromatic nitrogens is 1. The minimum absolute atomic E-state index is 0. The summed E-state index contributed by atoms with van der Waals surface area (Å²) in [4.78, 5) is 33.2. The highest BCUT2D eigenvalue weighted by Gasteiger charge is 2.11. The topological polar surface area (TPSA) is 106 Å². The number of carbonyl (C=O) groups excluding carboxylic acids is 1. The number of carbonyl (C=O) groups is 1. The molecule has 0 aromatic carbocycles. The molecule has 1 rings (SSSR count). The number of amides is 1. The van der Waals surface area contributed by atoms with E-state index in [1.54, 1.807) is 0 Å². The van der Waals surface area contributed by atoms with Gasteiger partial charge in [0.25, 0.3) is 11.2 Å². The first-order valence-corrected chi connectivity index (χ1v) is 6.29. The Labute approximate surface area is 128 Å². The summed E-state index contributed by atoms with van der Waals surface area (Å²) >= 11 is 0. The Morgan fingerprint density at radius 3 is 2.71 bits per heavy atom. The van der Waals surface area contributed by atoms with Crippen LogP contribution in [0.3, 0.4) is 0 Å². The van der Waals surface area contributed by atoms with Crippen LogP contribution in [-0.4, -0.2) is 34.5 Å². The van der Waals surface area contributed by atoms with Gasteiger partial charge in [-0.05, 0) is 13.5 Å². The van der Waals surface area contributed by atoms with Gasteiger partial charge in [-0.2, -0.15) is 0 Å². The maximum Gasteiger partial charge on any atom is 0.285 e. The Bertz CT molecular complexity index is 546. The van der Waals surface area contributed by atoms with Crippen LogP contribution in [0.4, 0.5) is 5.69 Å². The molecule has 0 aliphatic carbocycles. The molecule has 1 atom stereocenters. The van der Waals surface area contributed by atoms with Crippen molar-refractivity contribution in [2.75, 3.05) is 13.1 Å². The van der Waals surface area contributed by atoms with Crippen molar-refractivity contribution >= 4 is 24.0 Å². The first kappa shape index (κ1) is 19.1. The number of rotatable bonds is 7. The molecule has 0 unspecified atom stereocenters. The van der Waals surface area contributed by atoms with Crippen LogP contribution in [0.15, 0.2) is 23.1 Å².